The average Bonchev–Trinajstić information content (AvgIpc) is 3.19. The summed E-state index contributed by atoms with van der Waals surface area (Å²) in [4.78, 5) is 20.8. The molecule has 1 aromatic heterocycles. The van der Waals surface area contributed by atoms with Crippen LogP contribution in [0.5, 0.6) is 0 Å². The molecule has 170 valence electrons. The maximum Gasteiger partial charge on any atom is 0.224 e. The maximum absolute atomic E-state index is 12.7. The lowest BCUT2D eigenvalue weighted by Crippen LogP contribution is -2.40. The number of aryl methyl sites for hydroxylation is 1. The Morgan fingerprint density at radius 2 is 1.91 bits per heavy atom. The molecule has 2 atom stereocenters. The van der Waals surface area contributed by atoms with E-state index in [2.05, 4.69) is 22.3 Å². The van der Waals surface area contributed by atoms with Crippen LogP contribution in [-0.2, 0) is 14.6 Å². The topological polar surface area (TPSA) is 103 Å². The second-order valence-electron chi connectivity index (χ2n) is 8.51. The van der Waals surface area contributed by atoms with Gasteiger partial charge in [0.1, 0.15) is 6.54 Å². The first-order chi connectivity index (χ1) is 15.4. The van der Waals surface area contributed by atoms with Crippen molar-refractivity contribution < 1.29 is 13.2 Å². The zero-order chi connectivity index (χ0) is 22.7. The van der Waals surface area contributed by atoms with Gasteiger partial charge in [-0.15, -0.1) is 11.3 Å². The van der Waals surface area contributed by atoms with E-state index in [0.717, 1.165) is 52.5 Å². The Bertz CT molecular complexity index is 1110. The van der Waals surface area contributed by atoms with Gasteiger partial charge in [-0.1, -0.05) is 25.0 Å². The Hall–Kier alpha value is -2.44. The van der Waals surface area contributed by atoms with Gasteiger partial charge in [0.25, 0.3) is 0 Å². The molecule has 4 rings (SSSR count). The third kappa shape index (κ3) is 4.97. The third-order valence-electron chi connectivity index (χ3n) is 6.39. The number of hydrogen-bond acceptors (Lipinski definition) is 7. The Kier molecular flexibility index (Phi) is 6.82. The molecule has 2 heterocycles. The summed E-state index contributed by atoms with van der Waals surface area (Å²) in [6.45, 7) is 3.07. The predicted molar refractivity (Wildman–Crippen MR) is 126 cm³/mol. The minimum absolute atomic E-state index is 0.0320. The lowest BCUT2D eigenvalue weighted by Gasteiger charge is -2.30. The number of aromatic nitrogens is 1. The third-order valence-corrected chi connectivity index (χ3v) is 9.04. The molecule has 0 spiro atoms. The Balaban J connectivity index is 1.58. The molecule has 9 heteroatoms. The first-order valence-corrected chi connectivity index (χ1v) is 13.7. The monoisotopic (exact) mass is 472 g/mol. The second-order valence-corrected chi connectivity index (χ2v) is 12.0. The second kappa shape index (κ2) is 9.59. The highest BCUT2D eigenvalue weighted by Crippen LogP contribution is 2.44. The van der Waals surface area contributed by atoms with Gasteiger partial charge in [-0.3, -0.25) is 4.79 Å². The molecule has 1 aliphatic carbocycles. The van der Waals surface area contributed by atoms with E-state index in [4.69, 9.17) is 10.2 Å². The van der Waals surface area contributed by atoms with Crippen LogP contribution in [0.3, 0.4) is 0 Å². The van der Waals surface area contributed by atoms with E-state index in [-0.39, 0.29) is 35.8 Å². The molecule has 2 aromatic rings. The van der Waals surface area contributed by atoms with Gasteiger partial charge in [0.15, 0.2) is 9.84 Å². The van der Waals surface area contributed by atoms with Crippen molar-refractivity contribution in [3.8, 4) is 16.5 Å². The lowest BCUT2D eigenvalue weighted by atomic mass is 9.76. The highest BCUT2D eigenvalue weighted by molar-refractivity contribution is 7.91. The summed E-state index contributed by atoms with van der Waals surface area (Å²) >= 11 is 1.65. The Morgan fingerprint density at radius 1 is 1.22 bits per heavy atom. The molecule has 1 aromatic carbocycles. The van der Waals surface area contributed by atoms with Crippen molar-refractivity contribution in [1.82, 2.24) is 10.3 Å². The summed E-state index contributed by atoms with van der Waals surface area (Å²) in [7, 11) is -2.91. The van der Waals surface area contributed by atoms with Gasteiger partial charge < -0.3 is 10.2 Å². The predicted octanol–water partition coefficient (Wildman–Crippen LogP) is 3.27. The Morgan fingerprint density at radius 3 is 2.59 bits per heavy atom. The zero-order valence-corrected chi connectivity index (χ0v) is 19.8. The minimum Gasteiger partial charge on any atom is -0.369 e. The zero-order valence-electron chi connectivity index (χ0n) is 18.2. The van der Waals surface area contributed by atoms with E-state index in [1.807, 2.05) is 25.1 Å². The fraction of sp³-hybridized carbons (Fsp3) is 0.522. The number of nitrogens with zero attached hydrogens (tertiary/aromatic N) is 3. The number of hydrogen-bond donors (Lipinski definition) is 1. The number of thiazole rings is 1. The number of nitriles is 1. The van der Waals surface area contributed by atoms with E-state index in [9.17, 15) is 13.2 Å². The van der Waals surface area contributed by atoms with E-state index in [1.54, 1.807) is 11.3 Å². The summed E-state index contributed by atoms with van der Waals surface area (Å²) in [5.74, 6) is 0.234. The van der Waals surface area contributed by atoms with Crippen molar-refractivity contribution in [3.63, 3.8) is 0 Å². The van der Waals surface area contributed by atoms with Gasteiger partial charge in [0.2, 0.25) is 5.91 Å². The molecule has 2 fully saturated rings. The first kappa shape index (κ1) is 22.7. The van der Waals surface area contributed by atoms with E-state index < -0.39 is 9.84 Å². The lowest BCUT2D eigenvalue weighted by molar-refractivity contribution is -0.126. The molecule has 1 N–H and O–H groups in total. The van der Waals surface area contributed by atoms with Crippen LogP contribution in [0.4, 0.5) is 5.69 Å². The molecule has 7 nitrogen and oxygen atoms in total. The molecular formula is C23H28N4O3S2. The number of nitrogens with one attached hydrogen (secondary N) is 1. The smallest absolute Gasteiger partial charge is 0.224 e. The van der Waals surface area contributed by atoms with Crippen LogP contribution in [0.15, 0.2) is 24.3 Å². The van der Waals surface area contributed by atoms with E-state index >= 15 is 0 Å². The number of benzene rings is 1. The van der Waals surface area contributed by atoms with Crippen LogP contribution >= 0.6 is 11.3 Å². The largest absolute Gasteiger partial charge is 0.369 e. The van der Waals surface area contributed by atoms with Gasteiger partial charge in [-0.05, 0) is 37.5 Å². The van der Waals surface area contributed by atoms with Gasteiger partial charge in [0, 0.05) is 30.6 Å². The minimum atomic E-state index is -2.91. The van der Waals surface area contributed by atoms with E-state index in [1.165, 1.54) is 0 Å². The van der Waals surface area contributed by atoms with Crippen molar-refractivity contribution in [2.75, 3.05) is 36.0 Å². The van der Waals surface area contributed by atoms with Gasteiger partial charge >= 0.3 is 0 Å². The molecule has 0 bridgehead atoms. The highest BCUT2D eigenvalue weighted by atomic mass is 32.2. The van der Waals surface area contributed by atoms with Gasteiger partial charge in [0.05, 0.1) is 33.2 Å². The van der Waals surface area contributed by atoms with Crippen LogP contribution < -0.4 is 10.2 Å². The van der Waals surface area contributed by atoms with Crippen molar-refractivity contribution in [2.45, 2.75) is 38.5 Å². The number of amides is 1. The SMILES string of the molecule is Cc1nc(C2CCCCC2C(=O)NCC#N)c(-c2ccc(N3CCS(=O)(=O)CC3)cc2)s1. The number of sulfone groups is 1. The normalized spacial score (nSPS) is 22.8. The molecule has 1 saturated heterocycles. The maximum atomic E-state index is 12.7. The summed E-state index contributed by atoms with van der Waals surface area (Å²) in [6, 6.07) is 10.2. The van der Waals surface area contributed by atoms with E-state index in [0.29, 0.717) is 13.1 Å². The Labute approximate surface area is 193 Å². The van der Waals surface area contributed by atoms with Crippen LogP contribution in [0.2, 0.25) is 0 Å². The first-order valence-electron chi connectivity index (χ1n) is 11.1. The van der Waals surface area contributed by atoms with Crippen LogP contribution in [-0.4, -0.2) is 50.4 Å². The molecule has 1 aliphatic heterocycles. The van der Waals surface area contributed by atoms with Crippen molar-refractivity contribution >= 4 is 32.8 Å². The van der Waals surface area contributed by atoms with Gasteiger partial charge in [-0.25, -0.2) is 13.4 Å². The standard InChI is InChI=1S/C23H28N4O3S2/c1-16-26-21(19-4-2-3-5-20(19)23(28)25-11-10-24)22(31-16)17-6-8-18(9-7-17)27-12-14-32(29,30)15-13-27/h6-9,19-20H,2-5,11-15H2,1H3,(H,25,28). The molecular weight excluding hydrogens is 444 g/mol. The number of carbonyl (C=O) groups excluding carboxylic acids is 1. The van der Waals surface area contributed by atoms with Crippen molar-refractivity contribution in [2.24, 2.45) is 5.92 Å². The van der Waals surface area contributed by atoms with Crippen molar-refractivity contribution in [1.29, 1.82) is 5.26 Å². The highest BCUT2D eigenvalue weighted by Gasteiger charge is 2.35. The molecule has 2 aliphatic rings. The fourth-order valence-electron chi connectivity index (χ4n) is 4.73. The summed E-state index contributed by atoms with van der Waals surface area (Å²) in [6.07, 6.45) is 3.81. The quantitative estimate of drug-likeness (QED) is 0.670. The molecule has 0 radical (unpaired) electrons. The van der Waals surface area contributed by atoms with Crippen LogP contribution in [0, 0.1) is 24.2 Å². The average molecular weight is 473 g/mol. The number of carbonyl (C=O) groups is 1. The molecule has 1 amide bonds. The fourth-order valence-corrected chi connectivity index (χ4v) is 6.92. The summed E-state index contributed by atoms with van der Waals surface area (Å²) in [5, 5.41) is 12.5. The number of rotatable bonds is 5. The molecule has 2 unspecified atom stereocenters. The summed E-state index contributed by atoms with van der Waals surface area (Å²) in [5.41, 5.74) is 3.08. The van der Waals surface area contributed by atoms with Crippen molar-refractivity contribution in [3.05, 3.63) is 35.0 Å². The van der Waals surface area contributed by atoms with Crippen LogP contribution in [0.25, 0.3) is 10.4 Å². The van der Waals surface area contributed by atoms with Gasteiger partial charge in [-0.2, -0.15) is 5.26 Å². The molecule has 1 saturated carbocycles. The molecule has 32 heavy (non-hydrogen) atoms. The summed E-state index contributed by atoms with van der Waals surface area (Å²) < 4.78 is 23.4. The number of anilines is 1. The van der Waals surface area contributed by atoms with Crippen LogP contribution in [0.1, 0.15) is 42.3 Å².